The molecule has 0 spiro atoms. The molecule has 0 aliphatic heterocycles. The quantitative estimate of drug-likeness (QED) is 0.779. The van der Waals surface area contributed by atoms with E-state index in [2.05, 4.69) is 13.0 Å². The fraction of sp³-hybridized carbons (Fsp3) is 0.500. The van der Waals surface area contributed by atoms with Crippen LogP contribution in [0.25, 0.3) is 0 Å². The SMILES string of the molecule is CCCCC(CCN(C)C(=O)O)Oc1cc(Cl)ccc1C#N. The van der Waals surface area contributed by atoms with Crippen LogP contribution < -0.4 is 4.74 Å². The largest absolute Gasteiger partial charge is 0.489 e. The van der Waals surface area contributed by atoms with E-state index in [1.54, 1.807) is 18.2 Å². The first kappa shape index (κ1) is 18.1. The van der Waals surface area contributed by atoms with Gasteiger partial charge in [0.2, 0.25) is 0 Å². The van der Waals surface area contributed by atoms with Gasteiger partial charge >= 0.3 is 6.09 Å². The lowest BCUT2D eigenvalue weighted by Crippen LogP contribution is -2.30. The van der Waals surface area contributed by atoms with Crippen molar-refractivity contribution in [2.75, 3.05) is 13.6 Å². The lowest BCUT2D eigenvalue weighted by Gasteiger charge is -2.22. The number of hydrogen-bond acceptors (Lipinski definition) is 3. The number of carboxylic acid groups (broad SMARTS) is 1. The predicted molar refractivity (Wildman–Crippen MR) is 85.4 cm³/mol. The first-order valence-corrected chi connectivity index (χ1v) is 7.66. The molecule has 0 aliphatic rings. The Morgan fingerprint density at radius 2 is 2.23 bits per heavy atom. The average molecular weight is 325 g/mol. The molecule has 0 heterocycles. The molecule has 0 saturated heterocycles. The van der Waals surface area contributed by atoms with Crippen LogP contribution in [0.1, 0.15) is 38.2 Å². The third-order valence-corrected chi connectivity index (χ3v) is 3.59. The zero-order valence-corrected chi connectivity index (χ0v) is 13.6. The molecule has 1 amide bonds. The van der Waals surface area contributed by atoms with E-state index in [9.17, 15) is 4.79 Å². The Morgan fingerprint density at radius 3 is 2.82 bits per heavy atom. The van der Waals surface area contributed by atoms with Crippen molar-refractivity contribution in [3.63, 3.8) is 0 Å². The summed E-state index contributed by atoms with van der Waals surface area (Å²) >= 11 is 5.96. The van der Waals surface area contributed by atoms with Gasteiger partial charge in [0.25, 0.3) is 0 Å². The molecule has 1 unspecified atom stereocenters. The van der Waals surface area contributed by atoms with Crippen molar-refractivity contribution in [2.24, 2.45) is 0 Å². The summed E-state index contributed by atoms with van der Waals surface area (Å²) in [6.45, 7) is 2.46. The molecule has 0 bridgehead atoms. The zero-order chi connectivity index (χ0) is 16.5. The Balaban J connectivity index is 2.78. The molecule has 5 nitrogen and oxygen atoms in total. The van der Waals surface area contributed by atoms with Crippen LogP contribution >= 0.6 is 11.6 Å². The van der Waals surface area contributed by atoms with Gasteiger partial charge in [-0.3, -0.25) is 0 Å². The molecule has 6 heteroatoms. The molecular weight excluding hydrogens is 304 g/mol. The maximum atomic E-state index is 10.9. The van der Waals surface area contributed by atoms with Crippen LogP contribution in [-0.2, 0) is 0 Å². The number of halogens is 1. The molecule has 1 atom stereocenters. The van der Waals surface area contributed by atoms with E-state index in [-0.39, 0.29) is 6.10 Å². The molecule has 0 aliphatic carbocycles. The Bertz CT molecular complexity index is 543. The van der Waals surface area contributed by atoms with Crippen LogP contribution in [0.15, 0.2) is 18.2 Å². The lowest BCUT2D eigenvalue weighted by atomic mass is 10.1. The van der Waals surface area contributed by atoms with Crippen LogP contribution in [0.3, 0.4) is 0 Å². The molecule has 1 rings (SSSR count). The second-order valence-corrected chi connectivity index (χ2v) is 5.56. The van der Waals surface area contributed by atoms with Crippen LogP contribution in [0.4, 0.5) is 4.79 Å². The summed E-state index contributed by atoms with van der Waals surface area (Å²) in [5.74, 6) is 0.453. The number of nitrogens with zero attached hydrogens (tertiary/aromatic N) is 2. The molecular formula is C16H21ClN2O3. The minimum atomic E-state index is -0.963. The molecule has 0 aromatic heterocycles. The standard InChI is InChI=1S/C16H21ClN2O3/c1-3-4-5-14(8-9-19(2)16(20)21)22-15-10-13(17)7-6-12(15)11-18/h6-7,10,14H,3-5,8-9H2,1-2H3,(H,20,21). The summed E-state index contributed by atoms with van der Waals surface area (Å²) in [6, 6.07) is 6.97. The smallest absolute Gasteiger partial charge is 0.407 e. The molecule has 0 radical (unpaired) electrons. The third-order valence-electron chi connectivity index (χ3n) is 3.35. The number of benzene rings is 1. The third kappa shape index (κ3) is 5.82. The van der Waals surface area contributed by atoms with Crippen LogP contribution in [-0.4, -0.2) is 35.8 Å². The van der Waals surface area contributed by atoms with Gasteiger partial charge in [0.05, 0.1) is 5.56 Å². The van der Waals surface area contributed by atoms with Crippen molar-refractivity contribution in [1.29, 1.82) is 5.26 Å². The maximum absolute atomic E-state index is 10.9. The molecule has 22 heavy (non-hydrogen) atoms. The van der Waals surface area contributed by atoms with E-state index >= 15 is 0 Å². The van der Waals surface area contributed by atoms with E-state index in [0.717, 1.165) is 19.3 Å². The normalized spacial score (nSPS) is 11.5. The first-order valence-electron chi connectivity index (χ1n) is 7.28. The van der Waals surface area contributed by atoms with E-state index in [0.29, 0.717) is 29.3 Å². The predicted octanol–water partition coefficient (Wildman–Crippen LogP) is 4.15. The summed E-state index contributed by atoms with van der Waals surface area (Å²) < 4.78 is 5.92. The summed E-state index contributed by atoms with van der Waals surface area (Å²) in [7, 11) is 1.53. The number of carbonyl (C=O) groups is 1. The number of unbranched alkanes of at least 4 members (excludes halogenated alkanes) is 1. The van der Waals surface area contributed by atoms with Crippen molar-refractivity contribution in [1.82, 2.24) is 4.90 Å². The Labute approximate surface area is 136 Å². The number of nitriles is 1. The molecule has 0 fully saturated rings. The van der Waals surface area contributed by atoms with Crippen molar-refractivity contribution in [3.05, 3.63) is 28.8 Å². The van der Waals surface area contributed by atoms with Crippen molar-refractivity contribution in [2.45, 2.75) is 38.7 Å². The Hall–Kier alpha value is -1.93. The van der Waals surface area contributed by atoms with E-state index < -0.39 is 6.09 Å². The monoisotopic (exact) mass is 324 g/mol. The fourth-order valence-corrected chi connectivity index (χ4v) is 2.15. The highest BCUT2D eigenvalue weighted by molar-refractivity contribution is 6.30. The van der Waals surface area contributed by atoms with Gasteiger partial charge in [-0.2, -0.15) is 5.26 Å². The van der Waals surface area contributed by atoms with Crippen molar-refractivity contribution < 1.29 is 14.6 Å². The van der Waals surface area contributed by atoms with E-state index in [4.69, 9.17) is 26.7 Å². The molecule has 1 N–H and O–H groups in total. The molecule has 0 saturated carbocycles. The number of amides is 1. The Morgan fingerprint density at radius 1 is 1.50 bits per heavy atom. The van der Waals surface area contributed by atoms with Gasteiger partial charge < -0.3 is 14.7 Å². The second kappa shape index (κ2) is 9.16. The van der Waals surface area contributed by atoms with E-state index in [1.165, 1.54) is 11.9 Å². The average Bonchev–Trinajstić information content (AvgIpc) is 2.49. The zero-order valence-electron chi connectivity index (χ0n) is 12.9. The van der Waals surface area contributed by atoms with Gasteiger partial charge in [0.1, 0.15) is 17.9 Å². The summed E-state index contributed by atoms with van der Waals surface area (Å²) in [4.78, 5) is 12.1. The maximum Gasteiger partial charge on any atom is 0.407 e. The summed E-state index contributed by atoms with van der Waals surface area (Å²) in [5, 5.41) is 18.5. The number of ether oxygens (including phenoxy) is 1. The second-order valence-electron chi connectivity index (χ2n) is 5.13. The van der Waals surface area contributed by atoms with Gasteiger partial charge in [0.15, 0.2) is 0 Å². The summed E-state index contributed by atoms with van der Waals surface area (Å²) in [5.41, 5.74) is 0.428. The lowest BCUT2D eigenvalue weighted by molar-refractivity contribution is 0.135. The van der Waals surface area contributed by atoms with Crippen molar-refractivity contribution in [3.8, 4) is 11.8 Å². The molecule has 1 aromatic carbocycles. The highest BCUT2D eigenvalue weighted by atomic mass is 35.5. The number of rotatable bonds is 8. The van der Waals surface area contributed by atoms with Crippen LogP contribution in [0.5, 0.6) is 5.75 Å². The van der Waals surface area contributed by atoms with Gasteiger partial charge in [-0.25, -0.2) is 4.79 Å². The highest BCUT2D eigenvalue weighted by Crippen LogP contribution is 2.25. The molecule has 120 valence electrons. The van der Waals surface area contributed by atoms with Gasteiger partial charge in [-0.15, -0.1) is 0 Å². The minimum Gasteiger partial charge on any atom is -0.489 e. The Kier molecular flexibility index (Phi) is 7.55. The van der Waals surface area contributed by atoms with Crippen LogP contribution in [0.2, 0.25) is 5.02 Å². The van der Waals surface area contributed by atoms with Gasteiger partial charge in [-0.05, 0) is 18.6 Å². The van der Waals surface area contributed by atoms with Gasteiger partial charge in [-0.1, -0.05) is 31.4 Å². The number of hydrogen-bond donors (Lipinski definition) is 1. The first-order chi connectivity index (χ1) is 10.5. The van der Waals surface area contributed by atoms with Gasteiger partial charge in [0, 0.05) is 31.1 Å². The van der Waals surface area contributed by atoms with Crippen LogP contribution in [0, 0.1) is 11.3 Å². The minimum absolute atomic E-state index is 0.146. The van der Waals surface area contributed by atoms with E-state index in [1.807, 2.05) is 0 Å². The van der Waals surface area contributed by atoms with Crippen molar-refractivity contribution >= 4 is 17.7 Å². The fourth-order valence-electron chi connectivity index (χ4n) is 1.99. The highest BCUT2D eigenvalue weighted by Gasteiger charge is 2.16. The topological polar surface area (TPSA) is 73.6 Å². The molecule has 1 aromatic rings. The summed E-state index contributed by atoms with van der Waals surface area (Å²) in [6.07, 6.45) is 2.27.